The standard InChI is InChI=1S/C9H5N3O2S/c13-5-10-7-3-1-2-4-8(7)14-9-12-11-6-15-9/h1-4,6H. The first-order chi connectivity index (χ1) is 7.40. The second-order valence-corrected chi connectivity index (χ2v) is 3.27. The molecule has 0 fully saturated rings. The second kappa shape index (κ2) is 4.45. The van der Waals surface area contributed by atoms with Gasteiger partial charge in [0.2, 0.25) is 6.08 Å². The maximum atomic E-state index is 10.2. The molecular formula is C9H5N3O2S. The summed E-state index contributed by atoms with van der Waals surface area (Å²) in [6.45, 7) is 0. The largest absolute Gasteiger partial charge is 0.427 e. The molecule has 6 heteroatoms. The molecule has 0 bridgehead atoms. The third kappa shape index (κ3) is 2.25. The van der Waals surface area contributed by atoms with Crippen LogP contribution in [0.2, 0.25) is 0 Å². The van der Waals surface area contributed by atoms with Gasteiger partial charge in [-0.05, 0) is 12.1 Å². The van der Waals surface area contributed by atoms with E-state index in [2.05, 4.69) is 15.2 Å². The molecule has 15 heavy (non-hydrogen) atoms. The number of aromatic nitrogens is 2. The van der Waals surface area contributed by atoms with E-state index in [1.165, 1.54) is 17.4 Å². The summed E-state index contributed by atoms with van der Waals surface area (Å²) in [6.07, 6.45) is 1.47. The van der Waals surface area contributed by atoms with Crippen LogP contribution in [0.1, 0.15) is 0 Å². The molecule has 0 atom stereocenters. The average molecular weight is 219 g/mol. The minimum atomic E-state index is 0.406. The molecular weight excluding hydrogens is 214 g/mol. The maximum absolute atomic E-state index is 10.2. The fourth-order valence-electron chi connectivity index (χ4n) is 0.986. The predicted octanol–water partition coefficient (Wildman–Crippen LogP) is 2.30. The molecule has 2 rings (SSSR count). The van der Waals surface area contributed by atoms with Gasteiger partial charge >= 0.3 is 0 Å². The fourth-order valence-corrected chi connectivity index (χ4v) is 1.40. The van der Waals surface area contributed by atoms with E-state index in [0.29, 0.717) is 16.6 Å². The topological polar surface area (TPSA) is 64.4 Å². The molecule has 5 nitrogen and oxygen atoms in total. The van der Waals surface area contributed by atoms with Crippen molar-refractivity contribution in [1.82, 2.24) is 10.2 Å². The van der Waals surface area contributed by atoms with E-state index in [-0.39, 0.29) is 0 Å². The van der Waals surface area contributed by atoms with Crippen LogP contribution < -0.4 is 4.74 Å². The summed E-state index contributed by atoms with van der Waals surface area (Å²) in [5, 5.41) is 7.75. The fraction of sp³-hybridized carbons (Fsp3) is 0. The zero-order chi connectivity index (χ0) is 10.5. The van der Waals surface area contributed by atoms with Crippen molar-refractivity contribution >= 4 is 23.1 Å². The van der Waals surface area contributed by atoms with E-state index >= 15 is 0 Å². The first-order valence-electron chi connectivity index (χ1n) is 4.01. The first kappa shape index (κ1) is 9.51. The Labute approximate surface area is 89.1 Å². The number of benzene rings is 1. The quantitative estimate of drug-likeness (QED) is 0.586. The Kier molecular flexibility index (Phi) is 2.82. The van der Waals surface area contributed by atoms with E-state index in [1.54, 1.807) is 29.8 Å². The second-order valence-electron chi connectivity index (χ2n) is 2.48. The summed E-state index contributed by atoms with van der Waals surface area (Å²) in [6, 6.07) is 6.88. The zero-order valence-electron chi connectivity index (χ0n) is 7.45. The van der Waals surface area contributed by atoms with Gasteiger partial charge in [0.25, 0.3) is 5.19 Å². The Morgan fingerprint density at radius 2 is 2.27 bits per heavy atom. The third-order valence-corrected chi connectivity index (χ3v) is 2.13. The molecule has 1 aromatic carbocycles. The summed E-state index contributed by atoms with van der Waals surface area (Å²) in [5.41, 5.74) is 1.98. The van der Waals surface area contributed by atoms with Gasteiger partial charge in [-0.25, -0.2) is 4.79 Å². The number of hydrogen-bond acceptors (Lipinski definition) is 6. The molecule has 0 aliphatic carbocycles. The number of isocyanates is 1. The Hall–Kier alpha value is -2.04. The van der Waals surface area contributed by atoms with Crippen LogP contribution in [-0.4, -0.2) is 16.3 Å². The van der Waals surface area contributed by atoms with Gasteiger partial charge in [-0.15, -0.1) is 5.10 Å². The molecule has 0 saturated carbocycles. The number of carbonyl (C=O) groups excluding carboxylic acids is 1. The third-order valence-electron chi connectivity index (χ3n) is 1.57. The lowest BCUT2D eigenvalue weighted by molar-refractivity contribution is 0.474. The highest BCUT2D eigenvalue weighted by Gasteiger charge is 2.04. The van der Waals surface area contributed by atoms with Crippen LogP contribution in [-0.2, 0) is 4.79 Å². The summed E-state index contributed by atoms with van der Waals surface area (Å²) in [5.74, 6) is 0.456. The Balaban J connectivity index is 2.31. The van der Waals surface area contributed by atoms with Crippen LogP contribution in [0.4, 0.5) is 5.69 Å². The number of nitrogens with zero attached hydrogens (tertiary/aromatic N) is 3. The summed E-state index contributed by atoms with van der Waals surface area (Å²) in [4.78, 5) is 13.7. The number of aliphatic imine (C=N–C) groups is 1. The highest BCUT2D eigenvalue weighted by molar-refractivity contribution is 7.11. The summed E-state index contributed by atoms with van der Waals surface area (Å²) < 4.78 is 5.37. The van der Waals surface area contributed by atoms with Crippen molar-refractivity contribution < 1.29 is 9.53 Å². The number of hydrogen-bond donors (Lipinski definition) is 0. The smallest absolute Gasteiger partial charge is 0.299 e. The highest BCUT2D eigenvalue weighted by atomic mass is 32.1. The lowest BCUT2D eigenvalue weighted by Gasteiger charge is -2.02. The molecule has 0 spiro atoms. The Morgan fingerprint density at radius 3 is 3.00 bits per heavy atom. The van der Waals surface area contributed by atoms with Gasteiger partial charge in [0.15, 0.2) is 5.75 Å². The van der Waals surface area contributed by atoms with Crippen LogP contribution in [0.25, 0.3) is 0 Å². The minimum Gasteiger partial charge on any atom is -0.427 e. The lowest BCUT2D eigenvalue weighted by atomic mass is 10.3. The van der Waals surface area contributed by atoms with Crippen LogP contribution in [0, 0.1) is 0 Å². The molecule has 0 aliphatic rings. The van der Waals surface area contributed by atoms with Crippen LogP contribution in [0.3, 0.4) is 0 Å². The summed E-state index contributed by atoms with van der Waals surface area (Å²) >= 11 is 1.26. The first-order valence-corrected chi connectivity index (χ1v) is 4.89. The predicted molar refractivity (Wildman–Crippen MR) is 54.2 cm³/mol. The molecule has 1 heterocycles. The van der Waals surface area contributed by atoms with E-state index in [0.717, 1.165) is 0 Å². The highest BCUT2D eigenvalue weighted by Crippen LogP contribution is 2.31. The van der Waals surface area contributed by atoms with E-state index in [1.807, 2.05) is 0 Å². The molecule has 0 saturated heterocycles. The van der Waals surface area contributed by atoms with Crippen molar-refractivity contribution in [2.24, 2.45) is 4.99 Å². The molecule has 0 unspecified atom stereocenters. The molecule has 0 amide bonds. The molecule has 0 N–H and O–H groups in total. The van der Waals surface area contributed by atoms with Crippen molar-refractivity contribution in [3.63, 3.8) is 0 Å². The monoisotopic (exact) mass is 219 g/mol. The molecule has 0 aliphatic heterocycles. The number of ether oxygens (including phenoxy) is 1. The van der Waals surface area contributed by atoms with Gasteiger partial charge in [0.1, 0.15) is 11.2 Å². The van der Waals surface area contributed by atoms with E-state index < -0.39 is 0 Å². The Morgan fingerprint density at radius 1 is 1.40 bits per heavy atom. The van der Waals surface area contributed by atoms with Crippen LogP contribution >= 0.6 is 11.3 Å². The van der Waals surface area contributed by atoms with Gasteiger partial charge in [0.05, 0.1) is 0 Å². The molecule has 0 radical (unpaired) electrons. The molecule has 74 valence electrons. The van der Waals surface area contributed by atoms with Crippen LogP contribution in [0.5, 0.6) is 10.9 Å². The van der Waals surface area contributed by atoms with E-state index in [9.17, 15) is 4.79 Å². The maximum Gasteiger partial charge on any atom is 0.299 e. The van der Waals surface area contributed by atoms with Crippen molar-refractivity contribution in [3.05, 3.63) is 29.8 Å². The van der Waals surface area contributed by atoms with Crippen molar-refractivity contribution in [2.45, 2.75) is 0 Å². The van der Waals surface area contributed by atoms with E-state index in [4.69, 9.17) is 4.74 Å². The van der Waals surface area contributed by atoms with Gasteiger partial charge in [-0.1, -0.05) is 28.6 Å². The zero-order valence-corrected chi connectivity index (χ0v) is 8.27. The minimum absolute atomic E-state index is 0.406. The van der Waals surface area contributed by atoms with Gasteiger partial charge in [-0.3, -0.25) is 0 Å². The Bertz CT molecular complexity index is 492. The van der Waals surface area contributed by atoms with Crippen LogP contribution in [0.15, 0.2) is 34.8 Å². The normalized spacial score (nSPS) is 9.33. The van der Waals surface area contributed by atoms with Crippen molar-refractivity contribution in [3.8, 4) is 10.9 Å². The molecule has 1 aromatic heterocycles. The number of para-hydroxylation sites is 2. The average Bonchev–Trinajstić information content (AvgIpc) is 2.74. The van der Waals surface area contributed by atoms with Gasteiger partial charge in [-0.2, -0.15) is 4.99 Å². The van der Waals surface area contributed by atoms with Crippen molar-refractivity contribution in [1.29, 1.82) is 0 Å². The SMILES string of the molecule is O=C=Nc1ccccc1Oc1nncs1. The van der Waals surface area contributed by atoms with Crippen molar-refractivity contribution in [2.75, 3.05) is 0 Å². The number of rotatable bonds is 3. The lowest BCUT2D eigenvalue weighted by Crippen LogP contribution is -1.83. The van der Waals surface area contributed by atoms with Gasteiger partial charge in [0, 0.05) is 0 Å². The summed E-state index contributed by atoms with van der Waals surface area (Å²) in [7, 11) is 0. The van der Waals surface area contributed by atoms with Gasteiger partial charge < -0.3 is 4.74 Å². The molecule has 2 aromatic rings.